The number of ether oxygens (including phenoxy) is 2. The van der Waals surface area contributed by atoms with Gasteiger partial charge in [-0.1, -0.05) is 13.8 Å². The standard InChI is InChI=1S/C22H31N3O5S/c1-14(2)9-12-29-19(26)13-18-21(28)23-10-11-25(18)22(31)24-20(27)16-5-7-17(8-6-16)30-15(3)4/h5-8,14-15,18H,9-13H2,1-4H3,(H,23,28)(H,24,27,31). The number of hydrogen-bond donors (Lipinski definition) is 2. The molecule has 2 amide bonds. The first-order chi connectivity index (χ1) is 14.7. The first-order valence-corrected chi connectivity index (χ1v) is 10.9. The summed E-state index contributed by atoms with van der Waals surface area (Å²) in [6.45, 7) is 8.98. The van der Waals surface area contributed by atoms with E-state index in [0.717, 1.165) is 6.42 Å². The normalized spacial score (nSPS) is 16.1. The molecular weight excluding hydrogens is 418 g/mol. The lowest BCUT2D eigenvalue weighted by Gasteiger charge is -2.36. The molecule has 9 heteroatoms. The smallest absolute Gasteiger partial charge is 0.308 e. The number of rotatable bonds is 8. The van der Waals surface area contributed by atoms with Gasteiger partial charge in [-0.3, -0.25) is 19.7 Å². The maximum atomic E-state index is 12.6. The maximum absolute atomic E-state index is 12.6. The Morgan fingerprint density at radius 1 is 1.23 bits per heavy atom. The van der Waals surface area contributed by atoms with Crippen LogP contribution in [0.4, 0.5) is 0 Å². The number of piperazine rings is 1. The summed E-state index contributed by atoms with van der Waals surface area (Å²) in [5, 5.41) is 5.48. The minimum absolute atomic E-state index is 0.0338. The fourth-order valence-electron chi connectivity index (χ4n) is 2.98. The molecule has 0 radical (unpaired) electrons. The van der Waals surface area contributed by atoms with Crippen molar-refractivity contribution >= 4 is 35.1 Å². The van der Waals surface area contributed by atoms with Crippen LogP contribution in [0, 0.1) is 5.92 Å². The van der Waals surface area contributed by atoms with E-state index in [1.54, 1.807) is 29.2 Å². The minimum Gasteiger partial charge on any atom is -0.491 e. The van der Waals surface area contributed by atoms with Crippen LogP contribution in [0.1, 0.15) is 50.9 Å². The van der Waals surface area contributed by atoms with Gasteiger partial charge >= 0.3 is 5.97 Å². The van der Waals surface area contributed by atoms with Gasteiger partial charge in [0.15, 0.2) is 5.11 Å². The molecule has 0 aromatic heterocycles. The average Bonchev–Trinajstić information content (AvgIpc) is 2.69. The van der Waals surface area contributed by atoms with E-state index in [9.17, 15) is 14.4 Å². The van der Waals surface area contributed by atoms with Crippen molar-refractivity contribution in [1.82, 2.24) is 15.5 Å². The van der Waals surface area contributed by atoms with Crippen molar-refractivity contribution in [3.05, 3.63) is 29.8 Å². The zero-order valence-electron chi connectivity index (χ0n) is 18.5. The Hall–Kier alpha value is -2.68. The van der Waals surface area contributed by atoms with Crippen LogP contribution in [-0.2, 0) is 14.3 Å². The second-order valence-corrected chi connectivity index (χ2v) is 8.44. The highest BCUT2D eigenvalue weighted by Gasteiger charge is 2.34. The number of nitrogens with one attached hydrogen (secondary N) is 2. The zero-order chi connectivity index (χ0) is 23.0. The van der Waals surface area contributed by atoms with Gasteiger partial charge in [0, 0.05) is 18.7 Å². The molecule has 0 bridgehead atoms. The second-order valence-electron chi connectivity index (χ2n) is 8.06. The van der Waals surface area contributed by atoms with Crippen molar-refractivity contribution in [3.8, 4) is 5.75 Å². The molecule has 2 N–H and O–H groups in total. The van der Waals surface area contributed by atoms with Crippen LogP contribution >= 0.6 is 12.2 Å². The summed E-state index contributed by atoms with van der Waals surface area (Å²) in [6, 6.07) is 5.88. The van der Waals surface area contributed by atoms with Crippen molar-refractivity contribution in [2.45, 2.75) is 52.7 Å². The number of carbonyl (C=O) groups is 3. The van der Waals surface area contributed by atoms with Crippen LogP contribution in [0.25, 0.3) is 0 Å². The highest BCUT2D eigenvalue weighted by molar-refractivity contribution is 7.80. The van der Waals surface area contributed by atoms with Crippen LogP contribution in [0.3, 0.4) is 0 Å². The van der Waals surface area contributed by atoms with Crippen molar-refractivity contribution in [3.63, 3.8) is 0 Å². The largest absolute Gasteiger partial charge is 0.491 e. The first-order valence-electron chi connectivity index (χ1n) is 10.5. The monoisotopic (exact) mass is 449 g/mol. The van der Waals surface area contributed by atoms with Crippen LogP contribution in [0.2, 0.25) is 0 Å². The summed E-state index contributed by atoms with van der Waals surface area (Å²) in [5.41, 5.74) is 0.407. The predicted molar refractivity (Wildman–Crippen MR) is 121 cm³/mol. The Morgan fingerprint density at radius 3 is 2.52 bits per heavy atom. The molecule has 1 unspecified atom stereocenters. The number of esters is 1. The molecule has 0 saturated carbocycles. The van der Waals surface area contributed by atoms with Gasteiger partial charge in [0.05, 0.1) is 19.1 Å². The summed E-state index contributed by atoms with van der Waals surface area (Å²) in [4.78, 5) is 38.7. The van der Waals surface area contributed by atoms with E-state index in [-0.39, 0.29) is 23.5 Å². The Morgan fingerprint density at radius 2 is 1.90 bits per heavy atom. The predicted octanol–water partition coefficient (Wildman–Crippen LogP) is 2.27. The molecule has 0 spiro atoms. The third-order valence-electron chi connectivity index (χ3n) is 4.62. The Balaban J connectivity index is 1.98. The Labute approximate surface area is 188 Å². The number of amides is 2. The Bertz CT molecular complexity index is 795. The summed E-state index contributed by atoms with van der Waals surface area (Å²) in [6.07, 6.45) is 0.648. The lowest BCUT2D eigenvalue weighted by molar-refractivity contribution is -0.147. The van der Waals surface area contributed by atoms with Crippen LogP contribution in [0.15, 0.2) is 24.3 Å². The van der Waals surface area contributed by atoms with E-state index >= 15 is 0 Å². The fraction of sp³-hybridized carbons (Fsp3) is 0.545. The van der Waals surface area contributed by atoms with Crippen molar-refractivity contribution in [2.75, 3.05) is 19.7 Å². The molecule has 31 heavy (non-hydrogen) atoms. The molecule has 1 fully saturated rings. The van der Waals surface area contributed by atoms with Crippen LogP contribution < -0.4 is 15.4 Å². The summed E-state index contributed by atoms with van der Waals surface area (Å²) in [7, 11) is 0. The number of carbonyl (C=O) groups excluding carboxylic acids is 3. The van der Waals surface area contributed by atoms with E-state index in [1.807, 2.05) is 27.7 Å². The molecule has 1 saturated heterocycles. The van der Waals surface area contributed by atoms with Gasteiger partial charge in [0.2, 0.25) is 5.91 Å². The van der Waals surface area contributed by atoms with E-state index in [0.29, 0.717) is 36.9 Å². The lowest BCUT2D eigenvalue weighted by atomic mass is 10.1. The molecule has 1 heterocycles. The van der Waals surface area contributed by atoms with E-state index in [2.05, 4.69) is 10.6 Å². The zero-order valence-corrected chi connectivity index (χ0v) is 19.3. The van der Waals surface area contributed by atoms with E-state index in [4.69, 9.17) is 21.7 Å². The average molecular weight is 450 g/mol. The highest BCUT2D eigenvalue weighted by atomic mass is 32.1. The number of hydrogen-bond acceptors (Lipinski definition) is 6. The van der Waals surface area contributed by atoms with Crippen LogP contribution in [-0.4, -0.2) is 59.6 Å². The number of nitrogens with zero attached hydrogens (tertiary/aromatic N) is 1. The number of benzene rings is 1. The van der Waals surface area contributed by atoms with Gasteiger partial charge in [-0.15, -0.1) is 0 Å². The van der Waals surface area contributed by atoms with E-state index < -0.39 is 17.9 Å². The van der Waals surface area contributed by atoms with Crippen molar-refractivity contribution < 1.29 is 23.9 Å². The molecule has 1 aliphatic rings. The van der Waals surface area contributed by atoms with Crippen LogP contribution in [0.5, 0.6) is 5.75 Å². The highest BCUT2D eigenvalue weighted by Crippen LogP contribution is 2.15. The molecule has 2 rings (SSSR count). The topological polar surface area (TPSA) is 97.0 Å². The van der Waals surface area contributed by atoms with Gasteiger partial charge in [0.25, 0.3) is 5.91 Å². The third-order valence-corrected chi connectivity index (χ3v) is 4.96. The molecule has 8 nitrogen and oxygen atoms in total. The SMILES string of the molecule is CC(C)CCOC(=O)CC1C(=O)NCCN1C(=S)NC(=O)c1ccc(OC(C)C)cc1. The lowest BCUT2D eigenvalue weighted by Crippen LogP contribution is -2.60. The van der Waals surface area contributed by atoms with E-state index in [1.165, 1.54) is 0 Å². The fourth-order valence-corrected chi connectivity index (χ4v) is 3.30. The number of thiocarbonyl (C=S) groups is 1. The van der Waals surface area contributed by atoms with Gasteiger partial charge in [0.1, 0.15) is 11.8 Å². The molecule has 0 aliphatic carbocycles. The van der Waals surface area contributed by atoms with Gasteiger partial charge in [-0.25, -0.2) is 0 Å². The maximum Gasteiger partial charge on any atom is 0.308 e. The molecule has 1 aromatic carbocycles. The Kier molecular flexibility index (Phi) is 9.23. The van der Waals surface area contributed by atoms with Gasteiger partial charge in [-0.05, 0) is 62.7 Å². The summed E-state index contributed by atoms with van der Waals surface area (Å²) >= 11 is 5.37. The minimum atomic E-state index is -0.824. The molecule has 1 atom stereocenters. The molecular formula is C22H31N3O5S. The van der Waals surface area contributed by atoms with Gasteiger partial charge in [-0.2, -0.15) is 0 Å². The third kappa shape index (κ3) is 7.82. The van der Waals surface area contributed by atoms with Crippen molar-refractivity contribution in [2.24, 2.45) is 5.92 Å². The first kappa shape index (κ1) is 24.6. The molecule has 1 aromatic rings. The molecule has 170 valence electrons. The summed E-state index contributed by atoms with van der Waals surface area (Å²) in [5.74, 6) is -0.110. The quantitative estimate of drug-likeness (QED) is 0.464. The van der Waals surface area contributed by atoms with Crippen molar-refractivity contribution in [1.29, 1.82) is 0 Å². The molecule has 1 aliphatic heterocycles. The summed E-state index contributed by atoms with van der Waals surface area (Å²) < 4.78 is 10.8. The second kappa shape index (κ2) is 11.6. The van der Waals surface area contributed by atoms with Gasteiger partial charge < -0.3 is 19.7 Å².